The van der Waals surface area contributed by atoms with Gasteiger partial charge in [0.05, 0.1) is 0 Å². The largest absolute Gasteiger partial charge is 0.480 e. The lowest BCUT2D eigenvalue weighted by Crippen LogP contribution is -2.50. The molecule has 1 unspecified atom stereocenters. The summed E-state index contributed by atoms with van der Waals surface area (Å²) >= 11 is 3.39. The number of likely N-dealkylation sites (tertiary alicyclic amines) is 1. The third-order valence-electron chi connectivity index (χ3n) is 3.85. The van der Waals surface area contributed by atoms with Crippen LogP contribution in [0.5, 0.6) is 0 Å². The Hall–Kier alpha value is -1.36. The third kappa shape index (κ3) is 2.27. The van der Waals surface area contributed by atoms with Crippen LogP contribution in [0.2, 0.25) is 0 Å². The number of rotatable bonds is 2. The highest BCUT2D eigenvalue weighted by Crippen LogP contribution is 2.32. The Morgan fingerprint density at radius 1 is 1.42 bits per heavy atom. The first kappa shape index (κ1) is 14.1. The van der Waals surface area contributed by atoms with Crippen LogP contribution in [0.25, 0.3) is 0 Å². The minimum atomic E-state index is -1.09. The van der Waals surface area contributed by atoms with Gasteiger partial charge in [0.2, 0.25) is 0 Å². The zero-order valence-corrected chi connectivity index (χ0v) is 12.5. The van der Waals surface area contributed by atoms with E-state index in [2.05, 4.69) is 15.9 Å². The predicted molar refractivity (Wildman–Crippen MR) is 75.2 cm³/mol. The number of nitrogens with zero attached hydrogens (tertiary/aromatic N) is 1. The molecule has 19 heavy (non-hydrogen) atoms. The molecule has 1 aliphatic heterocycles. The molecule has 0 saturated carbocycles. The van der Waals surface area contributed by atoms with E-state index in [0.29, 0.717) is 18.5 Å². The van der Waals surface area contributed by atoms with Gasteiger partial charge in [-0.15, -0.1) is 0 Å². The highest BCUT2D eigenvalue weighted by atomic mass is 79.9. The van der Waals surface area contributed by atoms with Crippen molar-refractivity contribution >= 4 is 27.8 Å². The molecule has 2 rings (SSSR count). The van der Waals surface area contributed by atoms with Crippen molar-refractivity contribution in [2.45, 2.75) is 32.2 Å². The monoisotopic (exact) mass is 325 g/mol. The summed E-state index contributed by atoms with van der Waals surface area (Å²) in [6.07, 6.45) is 1.22. The van der Waals surface area contributed by atoms with Crippen molar-refractivity contribution in [1.82, 2.24) is 4.90 Å². The Labute approximate surface area is 120 Å². The topological polar surface area (TPSA) is 57.6 Å². The number of hydrogen-bond acceptors (Lipinski definition) is 2. The summed E-state index contributed by atoms with van der Waals surface area (Å²) in [5, 5.41) is 9.36. The van der Waals surface area contributed by atoms with Crippen LogP contribution in [0.3, 0.4) is 0 Å². The fraction of sp³-hybridized carbons (Fsp3) is 0.429. The van der Waals surface area contributed by atoms with Crippen LogP contribution in [0.15, 0.2) is 22.7 Å². The standard InChI is InChI=1S/C14H16BrNO3/c1-9-10(5-3-6-11(9)15)12(17)16-8-4-7-14(16,2)13(18)19/h3,5-6H,4,7-8H2,1-2H3,(H,18,19). The van der Waals surface area contributed by atoms with Crippen molar-refractivity contribution in [2.75, 3.05) is 6.54 Å². The number of halogens is 1. The van der Waals surface area contributed by atoms with Gasteiger partial charge in [-0.1, -0.05) is 22.0 Å². The van der Waals surface area contributed by atoms with Gasteiger partial charge in [0, 0.05) is 16.6 Å². The average molecular weight is 326 g/mol. The molecule has 4 nitrogen and oxygen atoms in total. The minimum Gasteiger partial charge on any atom is -0.480 e. The van der Waals surface area contributed by atoms with Crippen LogP contribution in [0.1, 0.15) is 35.7 Å². The SMILES string of the molecule is Cc1c(Br)cccc1C(=O)N1CCCC1(C)C(=O)O. The van der Waals surface area contributed by atoms with Gasteiger partial charge in [0.15, 0.2) is 0 Å². The Morgan fingerprint density at radius 2 is 2.11 bits per heavy atom. The Balaban J connectivity index is 2.39. The molecule has 0 bridgehead atoms. The summed E-state index contributed by atoms with van der Waals surface area (Å²) in [7, 11) is 0. The van der Waals surface area contributed by atoms with Gasteiger partial charge in [-0.05, 0) is 44.4 Å². The van der Waals surface area contributed by atoms with E-state index < -0.39 is 11.5 Å². The van der Waals surface area contributed by atoms with Crippen molar-refractivity contribution in [3.8, 4) is 0 Å². The van der Waals surface area contributed by atoms with Crippen LogP contribution in [0.4, 0.5) is 0 Å². The molecular formula is C14H16BrNO3. The van der Waals surface area contributed by atoms with Crippen LogP contribution in [-0.2, 0) is 4.79 Å². The van der Waals surface area contributed by atoms with E-state index in [1.54, 1.807) is 19.1 Å². The zero-order chi connectivity index (χ0) is 14.2. The Morgan fingerprint density at radius 3 is 2.74 bits per heavy atom. The number of hydrogen-bond donors (Lipinski definition) is 1. The third-order valence-corrected chi connectivity index (χ3v) is 4.70. The quantitative estimate of drug-likeness (QED) is 0.909. The smallest absolute Gasteiger partial charge is 0.329 e. The fourth-order valence-corrected chi connectivity index (χ4v) is 2.86. The molecule has 1 amide bonds. The molecule has 1 saturated heterocycles. The summed E-state index contributed by atoms with van der Waals surface area (Å²) in [5.74, 6) is -1.15. The van der Waals surface area contributed by atoms with E-state index in [-0.39, 0.29) is 5.91 Å². The lowest BCUT2D eigenvalue weighted by atomic mass is 9.98. The number of carbonyl (C=O) groups excluding carboxylic acids is 1. The van der Waals surface area contributed by atoms with Crippen molar-refractivity contribution in [1.29, 1.82) is 0 Å². The summed E-state index contributed by atoms with van der Waals surface area (Å²) < 4.78 is 0.856. The average Bonchev–Trinajstić information content (AvgIpc) is 2.75. The first-order valence-electron chi connectivity index (χ1n) is 6.18. The molecule has 102 valence electrons. The fourth-order valence-electron chi connectivity index (χ4n) is 2.50. The number of carbonyl (C=O) groups is 2. The number of benzene rings is 1. The van der Waals surface area contributed by atoms with Crippen LogP contribution >= 0.6 is 15.9 Å². The molecule has 0 aromatic heterocycles. The first-order valence-corrected chi connectivity index (χ1v) is 6.97. The van der Waals surface area contributed by atoms with E-state index >= 15 is 0 Å². The summed E-state index contributed by atoms with van der Waals surface area (Å²) in [6, 6.07) is 5.40. The van der Waals surface area contributed by atoms with Gasteiger partial charge in [-0.25, -0.2) is 4.79 Å². The summed E-state index contributed by atoms with van der Waals surface area (Å²) in [5.41, 5.74) is 0.308. The number of carboxylic acids is 1. The lowest BCUT2D eigenvalue weighted by molar-refractivity contribution is -0.147. The minimum absolute atomic E-state index is 0.207. The number of amides is 1. The maximum Gasteiger partial charge on any atom is 0.329 e. The van der Waals surface area contributed by atoms with Crippen molar-refractivity contribution in [2.24, 2.45) is 0 Å². The van der Waals surface area contributed by atoms with Gasteiger partial charge in [0.1, 0.15) is 5.54 Å². The predicted octanol–water partition coefficient (Wildman–Crippen LogP) is 2.84. The van der Waals surface area contributed by atoms with E-state index in [1.807, 2.05) is 13.0 Å². The maximum atomic E-state index is 12.6. The molecule has 1 atom stereocenters. The second kappa shape index (κ2) is 4.96. The van der Waals surface area contributed by atoms with Crippen LogP contribution < -0.4 is 0 Å². The lowest BCUT2D eigenvalue weighted by Gasteiger charge is -2.31. The van der Waals surface area contributed by atoms with Crippen molar-refractivity contribution < 1.29 is 14.7 Å². The Bertz CT molecular complexity index is 543. The van der Waals surface area contributed by atoms with E-state index in [9.17, 15) is 14.7 Å². The van der Waals surface area contributed by atoms with E-state index in [4.69, 9.17) is 0 Å². The van der Waals surface area contributed by atoms with E-state index in [1.165, 1.54) is 4.90 Å². The first-order chi connectivity index (χ1) is 8.88. The molecule has 1 fully saturated rings. The van der Waals surface area contributed by atoms with Gasteiger partial charge >= 0.3 is 5.97 Å². The number of aliphatic carboxylic acids is 1. The second-order valence-electron chi connectivity index (χ2n) is 5.05. The molecule has 1 aliphatic rings. The zero-order valence-electron chi connectivity index (χ0n) is 10.9. The summed E-state index contributed by atoms with van der Waals surface area (Å²) in [6.45, 7) is 3.96. The highest BCUT2D eigenvalue weighted by Gasteiger charge is 2.46. The summed E-state index contributed by atoms with van der Waals surface area (Å²) in [4.78, 5) is 25.5. The van der Waals surface area contributed by atoms with Gasteiger partial charge in [-0.2, -0.15) is 0 Å². The molecular weight excluding hydrogens is 310 g/mol. The molecule has 1 N–H and O–H groups in total. The second-order valence-corrected chi connectivity index (χ2v) is 5.91. The van der Waals surface area contributed by atoms with E-state index in [0.717, 1.165) is 16.5 Å². The van der Waals surface area contributed by atoms with Gasteiger partial charge in [0.25, 0.3) is 5.91 Å². The molecule has 1 aromatic carbocycles. The molecule has 0 spiro atoms. The molecule has 1 heterocycles. The highest BCUT2D eigenvalue weighted by molar-refractivity contribution is 9.10. The number of carboxylic acid groups (broad SMARTS) is 1. The van der Waals surface area contributed by atoms with Crippen LogP contribution in [-0.4, -0.2) is 34.0 Å². The van der Waals surface area contributed by atoms with Crippen molar-refractivity contribution in [3.63, 3.8) is 0 Å². The van der Waals surface area contributed by atoms with Crippen LogP contribution in [0, 0.1) is 6.92 Å². The maximum absolute atomic E-state index is 12.6. The molecule has 0 radical (unpaired) electrons. The van der Waals surface area contributed by atoms with Gasteiger partial charge in [-0.3, -0.25) is 4.79 Å². The molecule has 1 aromatic rings. The van der Waals surface area contributed by atoms with Gasteiger partial charge < -0.3 is 10.0 Å². The molecule has 0 aliphatic carbocycles. The Kier molecular flexibility index (Phi) is 3.67. The molecule has 5 heteroatoms. The normalized spacial score (nSPS) is 22.6. The van der Waals surface area contributed by atoms with Crippen molar-refractivity contribution in [3.05, 3.63) is 33.8 Å².